The third kappa shape index (κ3) is 4.21. The lowest BCUT2D eigenvalue weighted by atomic mass is 10.1. The van der Waals surface area contributed by atoms with Gasteiger partial charge in [0.1, 0.15) is 0 Å². The van der Waals surface area contributed by atoms with E-state index >= 15 is 0 Å². The van der Waals surface area contributed by atoms with Crippen molar-refractivity contribution in [1.29, 1.82) is 0 Å². The molecule has 5 heteroatoms. The third-order valence-electron chi connectivity index (χ3n) is 3.12. The average molecular weight is 272 g/mol. The predicted molar refractivity (Wildman–Crippen MR) is 66.0 cm³/mol. The lowest BCUT2D eigenvalue weighted by molar-refractivity contribution is -0.139. The zero-order valence-electron chi connectivity index (χ0n) is 10.6. The van der Waals surface area contributed by atoms with Crippen LogP contribution in [0, 0.1) is 6.54 Å². The quantitative estimate of drug-likeness (QED) is 0.826. The van der Waals surface area contributed by atoms with E-state index in [2.05, 4.69) is 6.54 Å². The highest BCUT2D eigenvalue weighted by Crippen LogP contribution is 2.32. The van der Waals surface area contributed by atoms with Crippen LogP contribution in [0.2, 0.25) is 0 Å². The maximum Gasteiger partial charge on any atom is 0.416 e. The summed E-state index contributed by atoms with van der Waals surface area (Å²) in [5, 5.41) is 0. The van der Waals surface area contributed by atoms with Gasteiger partial charge < -0.3 is 4.74 Å². The van der Waals surface area contributed by atoms with E-state index in [1.54, 1.807) is 6.07 Å². The zero-order valence-corrected chi connectivity index (χ0v) is 10.6. The highest BCUT2D eigenvalue weighted by molar-refractivity contribution is 5.28. The van der Waals surface area contributed by atoms with E-state index in [9.17, 15) is 13.2 Å². The predicted octanol–water partition coefficient (Wildman–Crippen LogP) is 3.83. The summed E-state index contributed by atoms with van der Waals surface area (Å²) in [5.41, 5.74) is -0.426. The highest BCUT2D eigenvalue weighted by Gasteiger charge is 2.32. The van der Waals surface area contributed by atoms with Gasteiger partial charge in [-0.3, -0.25) is 4.90 Å². The fourth-order valence-corrected chi connectivity index (χ4v) is 2.14. The average Bonchev–Trinajstić information content (AvgIpc) is 2.39. The van der Waals surface area contributed by atoms with Gasteiger partial charge in [0.2, 0.25) is 0 Å². The van der Waals surface area contributed by atoms with Crippen LogP contribution < -0.4 is 0 Å². The van der Waals surface area contributed by atoms with Crippen LogP contribution in [0.4, 0.5) is 13.2 Å². The van der Waals surface area contributed by atoms with Crippen molar-refractivity contribution in [3.05, 3.63) is 41.9 Å². The Balaban J connectivity index is 1.88. The third-order valence-corrected chi connectivity index (χ3v) is 3.12. The van der Waals surface area contributed by atoms with Crippen LogP contribution in [0.1, 0.15) is 30.4 Å². The van der Waals surface area contributed by atoms with Crippen LogP contribution in [0.15, 0.2) is 24.3 Å². The summed E-state index contributed by atoms with van der Waals surface area (Å²) >= 11 is 0. The molecule has 0 atom stereocenters. The molecule has 0 bridgehead atoms. The van der Waals surface area contributed by atoms with Gasteiger partial charge >= 0.3 is 6.18 Å². The molecule has 0 spiro atoms. The van der Waals surface area contributed by atoms with Gasteiger partial charge in [0, 0.05) is 13.1 Å². The summed E-state index contributed by atoms with van der Waals surface area (Å²) in [6, 6.07) is 5.54. The first-order chi connectivity index (χ1) is 9.07. The Morgan fingerprint density at radius 2 is 1.95 bits per heavy atom. The van der Waals surface area contributed by atoms with Crippen LogP contribution in [-0.4, -0.2) is 18.2 Å². The molecular formula is C14H17F3NO. The Labute approximate surface area is 111 Å². The van der Waals surface area contributed by atoms with Gasteiger partial charge in [-0.05, 0) is 24.5 Å². The number of piperidine rings is 1. The summed E-state index contributed by atoms with van der Waals surface area (Å²) in [6.07, 6.45) is -1.02. The van der Waals surface area contributed by atoms with E-state index in [1.807, 2.05) is 4.90 Å². The van der Waals surface area contributed by atoms with Crippen molar-refractivity contribution in [3.8, 4) is 0 Å². The van der Waals surface area contributed by atoms with Gasteiger partial charge in [-0.2, -0.15) is 13.2 Å². The first-order valence-electron chi connectivity index (χ1n) is 6.37. The Hall–Kier alpha value is -1.07. The van der Waals surface area contributed by atoms with Crippen LogP contribution in [-0.2, 0) is 17.5 Å². The van der Waals surface area contributed by atoms with Gasteiger partial charge in [0.25, 0.3) is 0 Å². The van der Waals surface area contributed by atoms with Gasteiger partial charge in [0.15, 0.2) is 0 Å². The second kappa shape index (κ2) is 6.39. The molecule has 0 aliphatic carbocycles. The van der Waals surface area contributed by atoms with Gasteiger partial charge in [-0.15, -0.1) is 0 Å². The molecule has 1 aromatic rings. The van der Waals surface area contributed by atoms with Gasteiger partial charge in [0.05, 0.1) is 18.9 Å². The van der Waals surface area contributed by atoms with Crippen LogP contribution >= 0.6 is 0 Å². The van der Waals surface area contributed by atoms with E-state index in [0.29, 0.717) is 6.73 Å². The number of alkyl halides is 3. The van der Waals surface area contributed by atoms with Crippen LogP contribution in [0.5, 0.6) is 0 Å². The van der Waals surface area contributed by atoms with Crippen molar-refractivity contribution < 1.29 is 17.9 Å². The molecular weight excluding hydrogens is 255 g/mol. The number of ether oxygens (including phenoxy) is 1. The molecule has 0 unspecified atom stereocenters. The van der Waals surface area contributed by atoms with Crippen molar-refractivity contribution >= 4 is 0 Å². The SMILES string of the molecule is FC(F)(F)c1ccccc1COCN1[CH]CCCC1. The van der Waals surface area contributed by atoms with Crippen LogP contribution in [0.25, 0.3) is 0 Å². The topological polar surface area (TPSA) is 12.5 Å². The number of likely N-dealkylation sites (tertiary alicyclic amines) is 1. The Morgan fingerprint density at radius 3 is 2.63 bits per heavy atom. The van der Waals surface area contributed by atoms with Gasteiger partial charge in [-0.1, -0.05) is 24.6 Å². The molecule has 1 aliphatic rings. The molecule has 0 N–H and O–H groups in total. The van der Waals surface area contributed by atoms with E-state index in [4.69, 9.17) is 4.74 Å². The molecule has 2 rings (SSSR count). The Kier molecular flexibility index (Phi) is 4.82. The molecule has 1 aliphatic heterocycles. The number of rotatable bonds is 4. The number of benzene rings is 1. The molecule has 0 amide bonds. The summed E-state index contributed by atoms with van der Waals surface area (Å²) in [6.45, 7) is 3.31. The molecule has 105 valence electrons. The molecule has 0 aromatic heterocycles. The maximum atomic E-state index is 12.8. The normalized spacial score (nSPS) is 17.6. The molecule has 19 heavy (non-hydrogen) atoms. The van der Waals surface area contributed by atoms with Crippen molar-refractivity contribution in [2.24, 2.45) is 0 Å². The van der Waals surface area contributed by atoms with E-state index in [0.717, 1.165) is 25.5 Å². The minimum absolute atomic E-state index is 0.0139. The van der Waals surface area contributed by atoms with Gasteiger partial charge in [-0.25, -0.2) is 0 Å². The molecule has 1 radical (unpaired) electrons. The van der Waals surface area contributed by atoms with E-state index in [1.165, 1.54) is 18.6 Å². The number of nitrogens with zero attached hydrogens (tertiary/aromatic N) is 1. The Bertz CT molecular complexity index is 400. The highest BCUT2D eigenvalue weighted by atomic mass is 19.4. The number of halogens is 3. The second-order valence-electron chi connectivity index (χ2n) is 4.62. The minimum atomic E-state index is -4.32. The molecule has 1 heterocycles. The molecule has 1 aromatic carbocycles. The summed E-state index contributed by atoms with van der Waals surface area (Å²) in [4.78, 5) is 2.01. The summed E-state index contributed by atoms with van der Waals surface area (Å²) < 4.78 is 43.7. The maximum absolute atomic E-state index is 12.8. The molecule has 1 fully saturated rings. The number of hydrogen-bond donors (Lipinski definition) is 0. The molecule has 0 saturated carbocycles. The summed E-state index contributed by atoms with van der Waals surface area (Å²) in [7, 11) is 0. The van der Waals surface area contributed by atoms with Crippen LogP contribution in [0.3, 0.4) is 0 Å². The summed E-state index contributed by atoms with van der Waals surface area (Å²) in [5.74, 6) is 0. The van der Waals surface area contributed by atoms with E-state index < -0.39 is 11.7 Å². The second-order valence-corrected chi connectivity index (χ2v) is 4.62. The Morgan fingerprint density at radius 1 is 1.16 bits per heavy atom. The standard InChI is InChI=1S/C14H17F3NO/c15-14(16,17)13-7-3-2-6-12(13)10-19-11-18-8-4-1-5-9-18/h2-3,6-8H,1,4-5,9-11H2. The van der Waals surface area contributed by atoms with Crippen molar-refractivity contribution in [2.45, 2.75) is 32.0 Å². The zero-order chi connectivity index (χ0) is 13.7. The van der Waals surface area contributed by atoms with Crippen molar-refractivity contribution in [2.75, 3.05) is 13.3 Å². The fourth-order valence-electron chi connectivity index (χ4n) is 2.14. The first kappa shape index (κ1) is 14.3. The first-order valence-corrected chi connectivity index (χ1v) is 6.37. The van der Waals surface area contributed by atoms with E-state index in [-0.39, 0.29) is 12.2 Å². The molecule has 2 nitrogen and oxygen atoms in total. The number of hydrogen-bond acceptors (Lipinski definition) is 2. The van der Waals surface area contributed by atoms with Crippen molar-refractivity contribution in [1.82, 2.24) is 4.90 Å². The monoisotopic (exact) mass is 272 g/mol. The smallest absolute Gasteiger partial charge is 0.361 e. The largest absolute Gasteiger partial charge is 0.416 e. The molecule has 1 saturated heterocycles. The van der Waals surface area contributed by atoms with Crippen molar-refractivity contribution in [3.63, 3.8) is 0 Å². The minimum Gasteiger partial charge on any atom is -0.361 e. The lowest BCUT2D eigenvalue weighted by Gasteiger charge is -2.25. The lowest BCUT2D eigenvalue weighted by Crippen LogP contribution is -2.28. The fraction of sp³-hybridized carbons (Fsp3) is 0.500.